The molecule has 2 aliphatic rings. The normalized spacial score (nSPS) is 24.3. The Hall–Kier alpha value is -2.21. The zero-order valence-electron chi connectivity index (χ0n) is 13.1. The van der Waals surface area contributed by atoms with E-state index in [4.69, 9.17) is 0 Å². The van der Waals surface area contributed by atoms with Crippen molar-refractivity contribution in [3.8, 4) is 5.69 Å². The van der Waals surface area contributed by atoms with Crippen molar-refractivity contribution in [2.45, 2.75) is 12.8 Å². The molecule has 6 heteroatoms. The number of aromatic nitrogens is 3. The van der Waals surface area contributed by atoms with Gasteiger partial charge in [0.15, 0.2) is 5.69 Å². The zero-order chi connectivity index (χ0) is 15.6. The molecule has 0 radical (unpaired) electrons. The molecule has 0 bridgehead atoms. The van der Waals surface area contributed by atoms with E-state index in [-0.39, 0.29) is 5.91 Å². The third-order valence-electron chi connectivity index (χ3n) is 5.04. The minimum Gasteiger partial charge on any atom is -0.337 e. The number of fused-ring (bicyclic) bond motifs is 1. The fourth-order valence-corrected chi connectivity index (χ4v) is 3.65. The first-order valence-corrected chi connectivity index (χ1v) is 8.29. The minimum atomic E-state index is 0.000105. The SMILES string of the molecule is O=C(c1cn(-c2ccccc2)nn1)N1CC[C@@H]2CNC[C@@H]2CC1. The predicted octanol–water partition coefficient (Wildman–Crippen LogP) is 1.34. The van der Waals surface area contributed by atoms with E-state index in [0.717, 1.165) is 44.7 Å². The lowest BCUT2D eigenvalue weighted by Gasteiger charge is -2.19. The van der Waals surface area contributed by atoms with Crippen molar-refractivity contribution in [2.75, 3.05) is 26.2 Å². The van der Waals surface area contributed by atoms with Gasteiger partial charge in [0.1, 0.15) is 0 Å². The number of hydrogen-bond acceptors (Lipinski definition) is 4. The lowest BCUT2D eigenvalue weighted by molar-refractivity contribution is 0.0752. The van der Waals surface area contributed by atoms with Gasteiger partial charge in [0.2, 0.25) is 0 Å². The molecule has 0 saturated carbocycles. The summed E-state index contributed by atoms with van der Waals surface area (Å²) in [5, 5.41) is 11.6. The molecule has 1 aromatic heterocycles. The second-order valence-corrected chi connectivity index (χ2v) is 6.43. The van der Waals surface area contributed by atoms with E-state index >= 15 is 0 Å². The first-order valence-electron chi connectivity index (χ1n) is 8.29. The number of benzene rings is 1. The Labute approximate surface area is 135 Å². The lowest BCUT2D eigenvalue weighted by Crippen LogP contribution is -2.33. The number of para-hydroxylation sites is 1. The van der Waals surface area contributed by atoms with Crippen LogP contribution >= 0.6 is 0 Å². The Balaban J connectivity index is 1.48. The van der Waals surface area contributed by atoms with Crippen molar-refractivity contribution < 1.29 is 4.79 Å². The average molecular weight is 311 g/mol. The van der Waals surface area contributed by atoms with E-state index < -0.39 is 0 Å². The molecule has 1 amide bonds. The largest absolute Gasteiger partial charge is 0.337 e. The predicted molar refractivity (Wildman–Crippen MR) is 86.3 cm³/mol. The summed E-state index contributed by atoms with van der Waals surface area (Å²) in [6.45, 7) is 3.83. The van der Waals surface area contributed by atoms with E-state index in [1.54, 1.807) is 10.9 Å². The maximum Gasteiger partial charge on any atom is 0.276 e. The molecule has 6 nitrogen and oxygen atoms in total. The number of carbonyl (C=O) groups excluding carboxylic acids is 1. The second kappa shape index (κ2) is 6.12. The topological polar surface area (TPSA) is 63.1 Å². The molecule has 2 aliphatic heterocycles. The summed E-state index contributed by atoms with van der Waals surface area (Å²) in [5.41, 5.74) is 1.34. The molecule has 1 N–H and O–H groups in total. The van der Waals surface area contributed by atoms with Crippen molar-refractivity contribution in [3.05, 3.63) is 42.2 Å². The van der Waals surface area contributed by atoms with Gasteiger partial charge in [-0.2, -0.15) is 0 Å². The Morgan fingerprint density at radius 2 is 1.78 bits per heavy atom. The molecular formula is C17H21N5O. The van der Waals surface area contributed by atoms with Crippen molar-refractivity contribution in [3.63, 3.8) is 0 Å². The van der Waals surface area contributed by atoms with E-state index in [2.05, 4.69) is 15.6 Å². The molecule has 3 heterocycles. The highest BCUT2D eigenvalue weighted by molar-refractivity contribution is 5.92. The number of rotatable bonds is 2. The summed E-state index contributed by atoms with van der Waals surface area (Å²) in [6.07, 6.45) is 3.89. The number of amides is 1. The van der Waals surface area contributed by atoms with Crippen LogP contribution in [0.4, 0.5) is 0 Å². The van der Waals surface area contributed by atoms with E-state index in [1.165, 1.54) is 0 Å². The standard InChI is InChI=1S/C17H21N5O/c23-17(21-8-6-13-10-18-11-14(13)7-9-21)16-12-22(20-19-16)15-4-2-1-3-5-15/h1-5,12-14,18H,6-11H2/t13-,14+. The average Bonchev–Trinajstić information content (AvgIpc) is 3.21. The van der Waals surface area contributed by atoms with Crippen LogP contribution in [0, 0.1) is 11.8 Å². The number of carbonyl (C=O) groups is 1. The first kappa shape index (κ1) is 14.4. The molecule has 2 atom stereocenters. The Kier molecular flexibility index (Phi) is 3.83. The lowest BCUT2D eigenvalue weighted by atomic mass is 9.92. The summed E-state index contributed by atoms with van der Waals surface area (Å²) in [5.74, 6) is 1.43. The van der Waals surface area contributed by atoms with Crippen LogP contribution in [-0.2, 0) is 0 Å². The molecule has 0 spiro atoms. The molecular weight excluding hydrogens is 290 g/mol. The van der Waals surface area contributed by atoms with Crippen molar-refractivity contribution in [1.82, 2.24) is 25.2 Å². The number of nitrogens with zero attached hydrogens (tertiary/aromatic N) is 4. The maximum atomic E-state index is 12.7. The number of hydrogen-bond donors (Lipinski definition) is 1. The molecule has 4 rings (SSSR count). The van der Waals surface area contributed by atoms with E-state index in [9.17, 15) is 4.79 Å². The van der Waals surface area contributed by atoms with Crippen molar-refractivity contribution in [2.24, 2.45) is 11.8 Å². The van der Waals surface area contributed by atoms with Gasteiger partial charge in [0.25, 0.3) is 5.91 Å². The molecule has 2 aromatic rings. The second-order valence-electron chi connectivity index (χ2n) is 6.43. The van der Waals surface area contributed by atoms with Gasteiger partial charge in [-0.05, 0) is 49.9 Å². The fourth-order valence-electron chi connectivity index (χ4n) is 3.65. The third-order valence-corrected chi connectivity index (χ3v) is 5.04. The third kappa shape index (κ3) is 2.86. The van der Waals surface area contributed by atoms with Crippen LogP contribution in [0.25, 0.3) is 5.69 Å². The quantitative estimate of drug-likeness (QED) is 0.909. The summed E-state index contributed by atoms with van der Waals surface area (Å²) in [7, 11) is 0. The van der Waals surface area contributed by atoms with Crippen LogP contribution in [0.3, 0.4) is 0 Å². The van der Waals surface area contributed by atoms with Crippen LogP contribution in [0.5, 0.6) is 0 Å². The van der Waals surface area contributed by atoms with E-state index in [0.29, 0.717) is 17.5 Å². The maximum absolute atomic E-state index is 12.7. The highest BCUT2D eigenvalue weighted by Crippen LogP contribution is 2.27. The molecule has 2 saturated heterocycles. The molecule has 23 heavy (non-hydrogen) atoms. The van der Waals surface area contributed by atoms with Gasteiger partial charge >= 0.3 is 0 Å². The van der Waals surface area contributed by atoms with Gasteiger partial charge < -0.3 is 10.2 Å². The number of nitrogens with one attached hydrogen (secondary N) is 1. The smallest absolute Gasteiger partial charge is 0.276 e. The highest BCUT2D eigenvalue weighted by atomic mass is 16.2. The Morgan fingerprint density at radius 3 is 2.48 bits per heavy atom. The number of likely N-dealkylation sites (tertiary alicyclic amines) is 1. The zero-order valence-corrected chi connectivity index (χ0v) is 13.1. The Morgan fingerprint density at radius 1 is 1.09 bits per heavy atom. The summed E-state index contributed by atoms with van der Waals surface area (Å²) < 4.78 is 1.66. The molecule has 2 fully saturated rings. The van der Waals surface area contributed by atoms with Gasteiger partial charge in [-0.1, -0.05) is 23.4 Å². The molecule has 1 aromatic carbocycles. The van der Waals surface area contributed by atoms with Crippen molar-refractivity contribution >= 4 is 5.91 Å². The summed E-state index contributed by atoms with van der Waals surface area (Å²) in [4.78, 5) is 14.7. The van der Waals surface area contributed by atoms with Crippen molar-refractivity contribution in [1.29, 1.82) is 0 Å². The van der Waals surface area contributed by atoms with Crippen LogP contribution in [0.2, 0.25) is 0 Å². The molecule has 0 unspecified atom stereocenters. The van der Waals surface area contributed by atoms with Gasteiger partial charge in [-0.3, -0.25) is 4.79 Å². The molecule has 0 aliphatic carbocycles. The Bertz CT molecular complexity index is 669. The van der Waals surface area contributed by atoms with Crippen LogP contribution in [-0.4, -0.2) is 52.0 Å². The fraction of sp³-hybridized carbons (Fsp3) is 0.471. The van der Waals surface area contributed by atoms with Crippen LogP contribution in [0.15, 0.2) is 36.5 Å². The van der Waals surface area contributed by atoms with Gasteiger partial charge in [0, 0.05) is 13.1 Å². The summed E-state index contributed by atoms with van der Waals surface area (Å²) in [6, 6.07) is 9.74. The van der Waals surface area contributed by atoms with Gasteiger partial charge in [-0.25, -0.2) is 4.68 Å². The van der Waals surface area contributed by atoms with Gasteiger partial charge in [-0.15, -0.1) is 5.10 Å². The minimum absolute atomic E-state index is 0.000105. The van der Waals surface area contributed by atoms with Gasteiger partial charge in [0.05, 0.1) is 11.9 Å². The monoisotopic (exact) mass is 311 g/mol. The summed E-state index contributed by atoms with van der Waals surface area (Å²) >= 11 is 0. The first-order chi connectivity index (χ1) is 11.3. The van der Waals surface area contributed by atoms with Crippen LogP contribution in [0.1, 0.15) is 23.3 Å². The highest BCUT2D eigenvalue weighted by Gasteiger charge is 2.32. The van der Waals surface area contributed by atoms with Crippen LogP contribution < -0.4 is 5.32 Å². The molecule has 120 valence electrons. The van der Waals surface area contributed by atoms with E-state index in [1.807, 2.05) is 35.2 Å².